The molecule has 3 heteroatoms. The van der Waals surface area contributed by atoms with Gasteiger partial charge in [-0.25, -0.2) is 0 Å². The van der Waals surface area contributed by atoms with Crippen molar-refractivity contribution in [3.63, 3.8) is 0 Å². The van der Waals surface area contributed by atoms with Crippen LogP contribution >= 0.6 is 0 Å². The standard InChI is InChI=1S/C15H24N2O/c1-14(2)6-8-15(12-16,9-7-14)18-11-13-5-3-4-10-17-13/h3-5,10H,6-9,11-12,16H2,1-2H3. The number of pyridine rings is 1. The Labute approximate surface area is 110 Å². The lowest BCUT2D eigenvalue weighted by molar-refractivity contribution is -0.0913. The molecule has 18 heavy (non-hydrogen) atoms. The fourth-order valence-electron chi connectivity index (χ4n) is 2.50. The van der Waals surface area contributed by atoms with E-state index in [1.807, 2.05) is 18.2 Å². The summed E-state index contributed by atoms with van der Waals surface area (Å²) in [6.45, 7) is 5.83. The summed E-state index contributed by atoms with van der Waals surface area (Å²) in [4.78, 5) is 4.29. The number of nitrogens with zero attached hydrogens (tertiary/aromatic N) is 1. The molecule has 2 N–H and O–H groups in total. The summed E-state index contributed by atoms with van der Waals surface area (Å²) >= 11 is 0. The van der Waals surface area contributed by atoms with Crippen LogP contribution in [-0.4, -0.2) is 17.1 Å². The van der Waals surface area contributed by atoms with Gasteiger partial charge in [0.1, 0.15) is 0 Å². The summed E-state index contributed by atoms with van der Waals surface area (Å²) in [5.41, 5.74) is 7.23. The van der Waals surface area contributed by atoms with E-state index >= 15 is 0 Å². The molecule has 0 aromatic carbocycles. The highest BCUT2D eigenvalue weighted by atomic mass is 16.5. The number of hydrogen-bond acceptors (Lipinski definition) is 3. The summed E-state index contributed by atoms with van der Waals surface area (Å²) in [7, 11) is 0. The Morgan fingerprint density at radius 1 is 1.22 bits per heavy atom. The summed E-state index contributed by atoms with van der Waals surface area (Å²) < 4.78 is 6.11. The number of rotatable bonds is 4. The van der Waals surface area contributed by atoms with Crippen LogP contribution in [-0.2, 0) is 11.3 Å². The Balaban J connectivity index is 1.94. The Kier molecular flexibility index (Phi) is 4.03. The molecule has 100 valence electrons. The first-order valence-electron chi connectivity index (χ1n) is 6.79. The highest BCUT2D eigenvalue weighted by Gasteiger charge is 2.38. The summed E-state index contributed by atoms with van der Waals surface area (Å²) in [6, 6.07) is 5.91. The Morgan fingerprint density at radius 2 is 1.94 bits per heavy atom. The molecule has 0 saturated heterocycles. The van der Waals surface area contributed by atoms with E-state index in [-0.39, 0.29) is 5.60 Å². The maximum atomic E-state index is 6.11. The molecule has 1 aliphatic carbocycles. The van der Waals surface area contributed by atoms with Gasteiger partial charge in [0.05, 0.1) is 17.9 Å². The fourth-order valence-corrected chi connectivity index (χ4v) is 2.50. The molecule has 3 nitrogen and oxygen atoms in total. The van der Waals surface area contributed by atoms with Crippen LogP contribution in [0.5, 0.6) is 0 Å². The van der Waals surface area contributed by atoms with Crippen molar-refractivity contribution in [1.29, 1.82) is 0 Å². The Hall–Kier alpha value is -0.930. The van der Waals surface area contributed by atoms with E-state index < -0.39 is 0 Å². The monoisotopic (exact) mass is 248 g/mol. The van der Waals surface area contributed by atoms with Crippen LogP contribution in [0, 0.1) is 5.41 Å². The molecule has 1 aromatic heterocycles. The first kappa shape index (κ1) is 13.5. The molecule has 1 heterocycles. The molecule has 1 aliphatic rings. The van der Waals surface area contributed by atoms with Gasteiger partial charge >= 0.3 is 0 Å². The fraction of sp³-hybridized carbons (Fsp3) is 0.667. The largest absolute Gasteiger partial charge is 0.367 e. The average Bonchev–Trinajstić information content (AvgIpc) is 2.40. The second kappa shape index (κ2) is 5.37. The van der Waals surface area contributed by atoms with Crippen LogP contribution in [0.3, 0.4) is 0 Å². The van der Waals surface area contributed by atoms with Crippen molar-refractivity contribution in [1.82, 2.24) is 4.98 Å². The van der Waals surface area contributed by atoms with Crippen LogP contribution in [0.1, 0.15) is 45.2 Å². The van der Waals surface area contributed by atoms with Gasteiger partial charge in [-0.05, 0) is 43.2 Å². The minimum atomic E-state index is -0.132. The van der Waals surface area contributed by atoms with Crippen LogP contribution in [0.25, 0.3) is 0 Å². The number of hydrogen-bond donors (Lipinski definition) is 1. The van der Waals surface area contributed by atoms with Crippen LogP contribution in [0.4, 0.5) is 0 Å². The topological polar surface area (TPSA) is 48.1 Å². The van der Waals surface area contributed by atoms with Gasteiger partial charge in [-0.1, -0.05) is 19.9 Å². The van der Waals surface area contributed by atoms with E-state index in [1.165, 1.54) is 12.8 Å². The smallest absolute Gasteiger partial charge is 0.0896 e. The molecule has 0 bridgehead atoms. The van der Waals surface area contributed by atoms with Crippen molar-refractivity contribution in [2.45, 2.75) is 51.7 Å². The normalized spacial score (nSPS) is 21.7. The van der Waals surface area contributed by atoms with Crippen LogP contribution in [0.2, 0.25) is 0 Å². The van der Waals surface area contributed by atoms with Gasteiger partial charge in [-0.15, -0.1) is 0 Å². The zero-order valence-electron chi connectivity index (χ0n) is 11.5. The Morgan fingerprint density at radius 3 is 2.50 bits per heavy atom. The highest BCUT2D eigenvalue weighted by molar-refractivity contribution is 5.02. The quantitative estimate of drug-likeness (QED) is 0.891. The lowest BCUT2D eigenvalue weighted by Crippen LogP contribution is -2.45. The summed E-state index contributed by atoms with van der Waals surface area (Å²) in [6.07, 6.45) is 6.29. The third-order valence-electron chi connectivity index (χ3n) is 4.14. The highest BCUT2D eigenvalue weighted by Crippen LogP contribution is 2.41. The van der Waals surface area contributed by atoms with E-state index in [2.05, 4.69) is 18.8 Å². The van der Waals surface area contributed by atoms with Crippen LogP contribution in [0.15, 0.2) is 24.4 Å². The lowest BCUT2D eigenvalue weighted by atomic mass is 9.71. The van der Waals surface area contributed by atoms with Crippen molar-refractivity contribution in [3.05, 3.63) is 30.1 Å². The van der Waals surface area contributed by atoms with Crippen LogP contribution < -0.4 is 5.73 Å². The number of nitrogens with two attached hydrogens (primary N) is 1. The predicted molar refractivity (Wildman–Crippen MR) is 73.1 cm³/mol. The van der Waals surface area contributed by atoms with Gasteiger partial charge in [0.2, 0.25) is 0 Å². The van der Waals surface area contributed by atoms with E-state index in [9.17, 15) is 0 Å². The maximum absolute atomic E-state index is 6.11. The molecule has 0 atom stereocenters. The van der Waals surface area contributed by atoms with E-state index in [0.717, 1.165) is 18.5 Å². The third-order valence-corrected chi connectivity index (χ3v) is 4.14. The molecule has 2 rings (SSSR count). The molecule has 0 aliphatic heterocycles. The van der Waals surface area contributed by atoms with Crippen molar-refractivity contribution in [2.24, 2.45) is 11.1 Å². The molecule has 1 fully saturated rings. The first-order valence-corrected chi connectivity index (χ1v) is 6.79. The van der Waals surface area contributed by atoms with Crippen molar-refractivity contribution >= 4 is 0 Å². The van der Waals surface area contributed by atoms with Crippen molar-refractivity contribution < 1.29 is 4.74 Å². The molecule has 0 radical (unpaired) electrons. The van der Waals surface area contributed by atoms with Crippen molar-refractivity contribution in [3.8, 4) is 0 Å². The lowest BCUT2D eigenvalue weighted by Gasteiger charge is -2.42. The van der Waals surface area contributed by atoms with Gasteiger partial charge in [0, 0.05) is 12.7 Å². The van der Waals surface area contributed by atoms with E-state index in [1.54, 1.807) is 6.20 Å². The van der Waals surface area contributed by atoms with E-state index in [4.69, 9.17) is 10.5 Å². The second-order valence-corrected chi connectivity index (χ2v) is 6.16. The Bertz CT molecular complexity index is 365. The minimum Gasteiger partial charge on any atom is -0.367 e. The molecule has 0 amide bonds. The number of aromatic nitrogens is 1. The maximum Gasteiger partial charge on any atom is 0.0896 e. The molecule has 1 saturated carbocycles. The minimum absolute atomic E-state index is 0.132. The molecule has 0 spiro atoms. The summed E-state index contributed by atoms with van der Waals surface area (Å²) in [5, 5.41) is 0. The molecular weight excluding hydrogens is 224 g/mol. The zero-order valence-corrected chi connectivity index (χ0v) is 11.5. The molecule has 0 unspecified atom stereocenters. The van der Waals surface area contributed by atoms with Gasteiger partial charge in [-0.2, -0.15) is 0 Å². The van der Waals surface area contributed by atoms with E-state index in [0.29, 0.717) is 18.6 Å². The van der Waals surface area contributed by atoms with Crippen molar-refractivity contribution in [2.75, 3.05) is 6.54 Å². The van der Waals surface area contributed by atoms with Gasteiger partial charge in [-0.3, -0.25) is 4.98 Å². The zero-order chi connectivity index (χ0) is 13.1. The third kappa shape index (κ3) is 3.30. The number of ether oxygens (including phenoxy) is 1. The van der Waals surface area contributed by atoms with Gasteiger partial charge < -0.3 is 10.5 Å². The molecular formula is C15H24N2O. The average molecular weight is 248 g/mol. The molecule has 1 aromatic rings. The second-order valence-electron chi connectivity index (χ2n) is 6.16. The van der Waals surface area contributed by atoms with Gasteiger partial charge in [0.15, 0.2) is 0 Å². The SMILES string of the molecule is CC1(C)CCC(CN)(OCc2ccccn2)CC1. The first-order chi connectivity index (χ1) is 8.55. The predicted octanol–water partition coefficient (Wildman–Crippen LogP) is 2.90. The summed E-state index contributed by atoms with van der Waals surface area (Å²) in [5.74, 6) is 0. The van der Waals surface area contributed by atoms with Gasteiger partial charge in [0.25, 0.3) is 0 Å².